The molecule has 1 amide bonds. The summed E-state index contributed by atoms with van der Waals surface area (Å²) in [6, 6.07) is 12.5. The zero-order chi connectivity index (χ0) is 27.4. The van der Waals surface area contributed by atoms with Crippen LogP contribution in [0.15, 0.2) is 65.8 Å². The number of hydrogen-bond donors (Lipinski definition) is 0. The number of halogens is 1. The molecule has 8 nitrogen and oxygen atoms in total. The summed E-state index contributed by atoms with van der Waals surface area (Å²) in [5.74, 6) is -0.467. The van der Waals surface area contributed by atoms with Crippen LogP contribution in [0.1, 0.15) is 38.1 Å². The first-order valence-corrected chi connectivity index (χ1v) is 14.8. The van der Waals surface area contributed by atoms with Crippen LogP contribution in [0, 0.1) is 17.7 Å². The molecule has 0 saturated heterocycles. The average molecular weight is 558 g/mol. The van der Waals surface area contributed by atoms with Crippen molar-refractivity contribution in [2.24, 2.45) is 11.8 Å². The van der Waals surface area contributed by atoms with E-state index in [-0.39, 0.29) is 34.7 Å². The molecule has 0 unspecified atom stereocenters. The number of fused-ring (bicyclic) bond motifs is 1. The van der Waals surface area contributed by atoms with Crippen LogP contribution < -0.4 is 4.90 Å². The SMILES string of the molecule is CC(C)CN(CC(C)C)S(=O)(=O)c1ccc(C(=O)N(CCn2cccn2)c2nc3c(F)cccc3s2)cc1. The Bertz CT molecular complexity index is 1470. The average Bonchev–Trinajstić information content (AvgIpc) is 3.54. The number of rotatable bonds is 11. The number of sulfonamides is 1. The maximum atomic E-state index is 14.3. The summed E-state index contributed by atoms with van der Waals surface area (Å²) in [4.78, 5) is 19.7. The van der Waals surface area contributed by atoms with E-state index in [2.05, 4.69) is 10.1 Å². The molecule has 4 aromatic rings. The van der Waals surface area contributed by atoms with Crippen molar-refractivity contribution in [1.29, 1.82) is 0 Å². The van der Waals surface area contributed by atoms with Crippen LogP contribution in [-0.4, -0.2) is 53.0 Å². The summed E-state index contributed by atoms with van der Waals surface area (Å²) in [6.07, 6.45) is 3.45. The van der Waals surface area contributed by atoms with Gasteiger partial charge in [-0.05, 0) is 54.3 Å². The molecule has 0 spiro atoms. The summed E-state index contributed by atoms with van der Waals surface area (Å²) in [6.45, 7) is 9.41. The minimum absolute atomic E-state index is 0.139. The van der Waals surface area contributed by atoms with Gasteiger partial charge < -0.3 is 0 Å². The first-order chi connectivity index (χ1) is 18.1. The highest BCUT2D eigenvalue weighted by molar-refractivity contribution is 7.89. The number of anilines is 1. The fourth-order valence-electron chi connectivity index (χ4n) is 4.10. The minimum atomic E-state index is -3.72. The molecule has 0 fully saturated rings. The Morgan fingerprint density at radius 2 is 1.71 bits per heavy atom. The monoisotopic (exact) mass is 557 g/mol. The van der Waals surface area contributed by atoms with Gasteiger partial charge in [-0.25, -0.2) is 17.8 Å². The number of carbonyl (C=O) groups is 1. The molecule has 2 aromatic heterocycles. The molecular formula is C27H32FN5O3S2. The first-order valence-electron chi connectivity index (χ1n) is 12.5. The maximum absolute atomic E-state index is 14.3. The molecule has 0 saturated carbocycles. The summed E-state index contributed by atoms with van der Waals surface area (Å²) >= 11 is 1.22. The van der Waals surface area contributed by atoms with Crippen molar-refractivity contribution in [2.75, 3.05) is 24.5 Å². The molecule has 0 atom stereocenters. The van der Waals surface area contributed by atoms with Crippen molar-refractivity contribution in [2.45, 2.75) is 39.1 Å². The smallest absolute Gasteiger partial charge is 0.260 e. The maximum Gasteiger partial charge on any atom is 0.260 e. The fraction of sp³-hybridized carbons (Fsp3) is 0.370. The highest BCUT2D eigenvalue weighted by Gasteiger charge is 2.27. The molecule has 0 aliphatic heterocycles. The second-order valence-electron chi connectivity index (χ2n) is 9.94. The topological polar surface area (TPSA) is 88.4 Å². The van der Waals surface area contributed by atoms with Gasteiger partial charge in [-0.2, -0.15) is 9.40 Å². The summed E-state index contributed by atoms with van der Waals surface area (Å²) in [5.41, 5.74) is 0.518. The van der Waals surface area contributed by atoms with E-state index in [1.165, 1.54) is 50.9 Å². The minimum Gasteiger partial charge on any atom is -0.282 e. The van der Waals surface area contributed by atoms with Gasteiger partial charge in [0.1, 0.15) is 11.3 Å². The number of hydrogen-bond acceptors (Lipinski definition) is 6. The summed E-state index contributed by atoms with van der Waals surface area (Å²) in [5, 5.41) is 4.56. The molecule has 0 aliphatic carbocycles. The molecule has 2 heterocycles. The van der Waals surface area contributed by atoms with Crippen molar-refractivity contribution >= 4 is 42.6 Å². The van der Waals surface area contributed by atoms with Crippen LogP contribution in [0.4, 0.5) is 9.52 Å². The molecule has 202 valence electrons. The Morgan fingerprint density at radius 3 is 2.29 bits per heavy atom. The zero-order valence-corrected chi connectivity index (χ0v) is 23.5. The third-order valence-electron chi connectivity index (χ3n) is 5.82. The van der Waals surface area contributed by atoms with Gasteiger partial charge in [0.05, 0.1) is 16.1 Å². The van der Waals surface area contributed by atoms with Gasteiger partial charge in [-0.15, -0.1) is 0 Å². The molecule has 0 N–H and O–H groups in total. The molecular weight excluding hydrogens is 525 g/mol. The Kier molecular flexibility index (Phi) is 8.59. The first kappa shape index (κ1) is 27.9. The van der Waals surface area contributed by atoms with Crippen LogP contribution in [0.2, 0.25) is 0 Å². The molecule has 4 rings (SSSR count). The Morgan fingerprint density at radius 1 is 1.03 bits per heavy atom. The van der Waals surface area contributed by atoms with E-state index in [0.29, 0.717) is 35.0 Å². The van der Waals surface area contributed by atoms with Crippen molar-refractivity contribution in [3.05, 3.63) is 72.3 Å². The normalized spacial score (nSPS) is 12.2. The van der Waals surface area contributed by atoms with Gasteiger partial charge in [-0.1, -0.05) is 45.1 Å². The van der Waals surface area contributed by atoms with Crippen molar-refractivity contribution < 1.29 is 17.6 Å². The lowest BCUT2D eigenvalue weighted by atomic mass is 10.2. The number of thiazole rings is 1. The highest BCUT2D eigenvalue weighted by atomic mass is 32.2. The molecule has 11 heteroatoms. The molecule has 0 radical (unpaired) electrons. The second-order valence-corrected chi connectivity index (χ2v) is 12.9. The molecule has 0 bridgehead atoms. The van der Waals surface area contributed by atoms with Crippen LogP contribution in [0.3, 0.4) is 0 Å². The van der Waals surface area contributed by atoms with E-state index in [0.717, 1.165) is 0 Å². The number of carbonyl (C=O) groups excluding carboxylic acids is 1. The Hall–Kier alpha value is -3.15. The second kappa shape index (κ2) is 11.7. The highest BCUT2D eigenvalue weighted by Crippen LogP contribution is 2.31. The van der Waals surface area contributed by atoms with Crippen molar-refractivity contribution in [3.8, 4) is 0 Å². The van der Waals surface area contributed by atoms with Gasteiger partial charge in [0, 0.05) is 37.6 Å². The predicted molar refractivity (Wildman–Crippen MR) is 148 cm³/mol. The Labute approximate surface area is 226 Å². The third-order valence-corrected chi connectivity index (χ3v) is 8.71. The number of amides is 1. The Balaban J connectivity index is 1.64. The van der Waals surface area contributed by atoms with E-state index in [1.807, 2.05) is 27.7 Å². The van der Waals surface area contributed by atoms with Crippen molar-refractivity contribution in [3.63, 3.8) is 0 Å². The largest absolute Gasteiger partial charge is 0.282 e. The van der Waals surface area contributed by atoms with E-state index in [9.17, 15) is 17.6 Å². The third kappa shape index (κ3) is 6.28. The number of aromatic nitrogens is 3. The van der Waals surface area contributed by atoms with E-state index in [1.54, 1.807) is 35.3 Å². The van der Waals surface area contributed by atoms with E-state index < -0.39 is 15.8 Å². The van der Waals surface area contributed by atoms with Gasteiger partial charge >= 0.3 is 0 Å². The van der Waals surface area contributed by atoms with Gasteiger partial charge in [0.2, 0.25) is 10.0 Å². The lowest BCUT2D eigenvalue weighted by Gasteiger charge is -2.26. The standard InChI is InChI=1S/C27H32FN5O3S2/c1-19(2)17-32(18-20(3)4)38(35,36)22-11-9-21(10-12-22)26(34)33(16-15-31-14-6-13-29-31)27-30-25-23(28)7-5-8-24(25)37-27/h5-14,19-20H,15-18H2,1-4H3. The van der Waals surface area contributed by atoms with Gasteiger partial charge in [0.15, 0.2) is 5.13 Å². The van der Waals surface area contributed by atoms with Crippen LogP contribution in [-0.2, 0) is 16.6 Å². The quantitative estimate of drug-likeness (QED) is 0.250. The fourth-order valence-corrected chi connectivity index (χ4v) is 6.87. The lowest BCUT2D eigenvalue weighted by molar-refractivity contribution is 0.0985. The molecule has 0 aliphatic rings. The summed E-state index contributed by atoms with van der Waals surface area (Å²) < 4.78 is 44.9. The van der Waals surface area contributed by atoms with Crippen molar-refractivity contribution in [1.82, 2.24) is 19.1 Å². The van der Waals surface area contributed by atoms with E-state index >= 15 is 0 Å². The van der Waals surface area contributed by atoms with Crippen LogP contribution in [0.5, 0.6) is 0 Å². The van der Waals surface area contributed by atoms with Crippen LogP contribution in [0.25, 0.3) is 10.2 Å². The number of para-hydroxylation sites is 1. The predicted octanol–water partition coefficient (Wildman–Crippen LogP) is 5.28. The number of benzene rings is 2. The molecule has 2 aromatic carbocycles. The van der Waals surface area contributed by atoms with E-state index in [4.69, 9.17) is 0 Å². The van der Waals surface area contributed by atoms with Gasteiger partial charge in [0.25, 0.3) is 5.91 Å². The van der Waals surface area contributed by atoms with Gasteiger partial charge in [-0.3, -0.25) is 14.4 Å². The molecule has 38 heavy (non-hydrogen) atoms. The number of nitrogens with zero attached hydrogens (tertiary/aromatic N) is 5. The summed E-state index contributed by atoms with van der Waals surface area (Å²) in [7, 11) is -3.72. The zero-order valence-electron chi connectivity index (χ0n) is 21.9. The lowest BCUT2D eigenvalue weighted by Crippen LogP contribution is -2.37. The van der Waals surface area contributed by atoms with Crippen LogP contribution >= 0.6 is 11.3 Å².